The Morgan fingerprint density at radius 1 is 1.59 bits per heavy atom. The van der Waals surface area contributed by atoms with Crippen molar-refractivity contribution < 1.29 is 4.79 Å². The summed E-state index contributed by atoms with van der Waals surface area (Å²) in [7, 11) is 0. The Balaban J connectivity index is 2.45. The lowest BCUT2D eigenvalue weighted by Gasteiger charge is -2.07. The van der Waals surface area contributed by atoms with Crippen LogP contribution in [0.3, 0.4) is 0 Å². The van der Waals surface area contributed by atoms with Gasteiger partial charge in [-0.3, -0.25) is 4.79 Å². The topological polar surface area (TPSA) is 55.1 Å². The fourth-order valence-electron chi connectivity index (χ4n) is 1.40. The van der Waals surface area contributed by atoms with Crippen molar-refractivity contribution in [3.8, 4) is 12.3 Å². The van der Waals surface area contributed by atoms with Gasteiger partial charge in [-0.15, -0.1) is 18.2 Å². The quantitative estimate of drug-likeness (QED) is 0.473. The van der Waals surface area contributed by atoms with Crippen LogP contribution in [0.1, 0.15) is 15.9 Å². The van der Waals surface area contributed by atoms with E-state index in [1.54, 1.807) is 30.0 Å². The third kappa shape index (κ3) is 4.41. The van der Waals surface area contributed by atoms with Crippen molar-refractivity contribution >= 4 is 23.4 Å². The lowest BCUT2D eigenvalue weighted by atomic mass is 10.1. The summed E-state index contributed by atoms with van der Waals surface area (Å²) in [4.78, 5) is 11.8. The highest BCUT2D eigenvalue weighted by molar-refractivity contribution is 7.99. The molecule has 0 aliphatic heterocycles. The Bertz CT molecular complexity index is 438. The molecule has 1 aromatic carbocycles. The van der Waals surface area contributed by atoms with Crippen LogP contribution in [0.25, 0.3) is 0 Å². The van der Waals surface area contributed by atoms with Gasteiger partial charge in [0.25, 0.3) is 5.91 Å². The molecular weight excluding hydrogens is 232 g/mol. The summed E-state index contributed by atoms with van der Waals surface area (Å²) in [6, 6.07) is 5.27. The first kappa shape index (κ1) is 13.5. The van der Waals surface area contributed by atoms with Crippen LogP contribution in [0.15, 0.2) is 18.2 Å². The number of nitrogens with two attached hydrogens (primary N) is 1. The van der Waals surface area contributed by atoms with Gasteiger partial charge in [0.05, 0.1) is 5.75 Å². The SMILES string of the molecule is C#CCSCCNC(=O)c1ccc(N)cc1C. The number of thioether (sulfide) groups is 1. The number of hydrogen-bond donors (Lipinski definition) is 2. The van der Waals surface area contributed by atoms with Crippen LogP contribution in [-0.2, 0) is 0 Å². The van der Waals surface area contributed by atoms with Gasteiger partial charge in [-0.25, -0.2) is 0 Å². The maximum Gasteiger partial charge on any atom is 0.251 e. The highest BCUT2D eigenvalue weighted by Gasteiger charge is 2.07. The van der Waals surface area contributed by atoms with Gasteiger partial charge >= 0.3 is 0 Å². The fourth-order valence-corrected chi connectivity index (χ4v) is 1.91. The average Bonchev–Trinajstić information content (AvgIpc) is 2.28. The van der Waals surface area contributed by atoms with E-state index in [0.29, 0.717) is 23.5 Å². The van der Waals surface area contributed by atoms with Crippen molar-refractivity contribution in [1.29, 1.82) is 0 Å². The number of rotatable bonds is 5. The Morgan fingerprint density at radius 2 is 2.35 bits per heavy atom. The zero-order valence-electron chi connectivity index (χ0n) is 9.82. The third-order valence-electron chi connectivity index (χ3n) is 2.21. The molecule has 0 saturated heterocycles. The van der Waals surface area contributed by atoms with Crippen LogP contribution in [0, 0.1) is 19.3 Å². The average molecular weight is 248 g/mol. The fraction of sp³-hybridized carbons (Fsp3) is 0.308. The molecule has 0 unspecified atom stereocenters. The lowest BCUT2D eigenvalue weighted by Crippen LogP contribution is -2.26. The number of benzene rings is 1. The molecule has 0 atom stereocenters. The number of nitrogens with one attached hydrogen (secondary N) is 1. The van der Waals surface area contributed by atoms with Gasteiger partial charge in [0.1, 0.15) is 0 Å². The van der Waals surface area contributed by atoms with Gasteiger partial charge in [0, 0.05) is 23.5 Å². The lowest BCUT2D eigenvalue weighted by molar-refractivity contribution is 0.0955. The molecule has 0 aromatic heterocycles. The monoisotopic (exact) mass is 248 g/mol. The first-order valence-corrected chi connectivity index (χ1v) is 6.46. The number of hydrogen-bond acceptors (Lipinski definition) is 3. The Labute approximate surface area is 106 Å². The standard InChI is InChI=1S/C13H16N2OS/c1-3-7-17-8-6-15-13(16)12-5-4-11(14)9-10(12)2/h1,4-5,9H,6-8,14H2,2H3,(H,15,16). The molecule has 17 heavy (non-hydrogen) atoms. The van der Waals surface area contributed by atoms with E-state index < -0.39 is 0 Å². The van der Waals surface area contributed by atoms with Gasteiger partial charge in [0.2, 0.25) is 0 Å². The molecule has 3 N–H and O–H groups in total. The second-order valence-corrected chi connectivity index (χ2v) is 4.69. The van der Waals surface area contributed by atoms with Gasteiger partial charge < -0.3 is 11.1 Å². The summed E-state index contributed by atoms with van der Waals surface area (Å²) < 4.78 is 0. The van der Waals surface area contributed by atoms with E-state index in [1.807, 2.05) is 6.92 Å². The van der Waals surface area contributed by atoms with Crippen LogP contribution in [0.2, 0.25) is 0 Å². The summed E-state index contributed by atoms with van der Waals surface area (Å²) in [6.45, 7) is 2.49. The largest absolute Gasteiger partial charge is 0.399 e. The van der Waals surface area contributed by atoms with Crippen molar-refractivity contribution in [2.75, 3.05) is 23.8 Å². The molecule has 0 fully saturated rings. The summed E-state index contributed by atoms with van der Waals surface area (Å²) in [5.41, 5.74) is 7.85. The van der Waals surface area contributed by atoms with Gasteiger partial charge in [0.15, 0.2) is 0 Å². The molecule has 0 saturated carbocycles. The number of nitrogen functional groups attached to an aromatic ring is 1. The molecule has 0 aliphatic rings. The second kappa shape index (κ2) is 6.87. The van der Waals surface area contributed by atoms with E-state index in [0.717, 1.165) is 11.3 Å². The molecule has 1 rings (SSSR count). The predicted molar refractivity (Wildman–Crippen MR) is 74.1 cm³/mol. The van der Waals surface area contributed by atoms with E-state index in [4.69, 9.17) is 12.2 Å². The summed E-state index contributed by atoms with van der Waals surface area (Å²) in [6.07, 6.45) is 5.13. The zero-order valence-corrected chi connectivity index (χ0v) is 10.6. The first-order valence-electron chi connectivity index (χ1n) is 5.30. The zero-order chi connectivity index (χ0) is 12.7. The minimum atomic E-state index is -0.0659. The van der Waals surface area contributed by atoms with Crippen LogP contribution < -0.4 is 11.1 Å². The molecule has 1 aromatic rings. The highest BCUT2D eigenvalue weighted by atomic mass is 32.2. The number of carbonyl (C=O) groups excluding carboxylic acids is 1. The van der Waals surface area contributed by atoms with E-state index in [2.05, 4.69) is 11.2 Å². The molecule has 90 valence electrons. The molecule has 0 aliphatic carbocycles. The van der Waals surface area contributed by atoms with Crippen molar-refractivity contribution in [3.63, 3.8) is 0 Å². The van der Waals surface area contributed by atoms with Gasteiger partial charge in [-0.05, 0) is 30.7 Å². The Hall–Kier alpha value is -1.60. The van der Waals surface area contributed by atoms with E-state index in [1.165, 1.54) is 0 Å². The number of aryl methyl sites for hydroxylation is 1. The molecule has 0 heterocycles. The molecule has 0 radical (unpaired) electrons. The second-order valence-electron chi connectivity index (χ2n) is 3.59. The molecule has 3 nitrogen and oxygen atoms in total. The van der Waals surface area contributed by atoms with E-state index in [9.17, 15) is 4.79 Å². The summed E-state index contributed by atoms with van der Waals surface area (Å²) >= 11 is 1.63. The maximum absolute atomic E-state index is 11.8. The molecule has 4 heteroatoms. The third-order valence-corrected chi connectivity index (χ3v) is 3.08. The van der Waals surface area contributed by atoms with Crippen LogP contribution >= 0.6 is 11.8 Å². The smallest absolute Gasteiger partial charge is 0.251 e. The number of anilines is 1. The molecular formula is C13H16N2OS. The van der Waals surface area contributed by atoms with Crippen LogP contribution in [-0.4, -0.2) is 24.0 Å². The minimum Gasteiger partial charge on any atom is -0.399 e. The van der Waals surface area contributed by atoms with E-state index >= 15 is 0 Å². The molecule has 0 spiro atoms. The summed E-state index contributed by atoms with van der Waals surface area (Å²) in [5.74, 6) is 3.97. The number of terminal acetylenes is 1. The van der Waals surface area contributed by atoms with Crippen LogP contribution in [0.4, 0.5) is 5.69 Å². The first-order chi connectivity index (χ1) is 8.15. The van der Waals surface area contributed by atoms with Crippen molar-refractivity contribution in [2.45, 2.75) is 6.92 Å². The predicted octanol–water partition coefficient (Wildman–Crippen LogP) is 1.67. The van der Waals surface area contributed by atoms with E-state index in [-0.39, 0.29) is 5.91 Å². The molecule has 0 bridgehead atoms. The van der Waals surface area contributed by atoms with Gasteiger partial charge in [-0.2, -0.15) is 0 Å². The minimum absolute atomic E-state index is 0.0659. The summed E-state index contributed by atoms with van der Waals surface area (Å²) in [5, 5.41) is 2.85. The Kier molecular flexibility index (Phi) is 5.44. The number of amides is 1. The van der Waals surface area contributed by atoms with Crippen LogP contribution in [0.5, 0.6) is 0 Å². The maximum atomic E-state index is 11.8. The molecule has 1 amide bonds. The van der Waals surface area contributed by atoms with Crippen molar-refractivity contribution in [1.82, 2.24) is 5.32 Å². The number of carbonyl (C=O) groups is 1. The van der Waals surface area contributed by atoms with Crippen molar-refractivity contribution in [2.24, 2.45) is 0 Å². The Morgan fingerprint density at radius 3 is 3.00 bits per heavy atom. The normalized spacial score (nSPS) is 9.65. The van der Waals surface area contributed by atoms with Crippen molar-refractivity contribution in [3.05, 3.63) is 29.3 Å². The highest BCUT2D eigenvalue weighted by Crippen LogP contribution is 2.12. The van der Waals surface area contributed by atoms with Gasteiger partial charge in [-0.1, -0.05) is 5.92 Å².